The number of nitrogens with zero attached hydrogens (tertiary/aromatic N) is 4. The number of likely N-dealkylation sites (N-methyl/N-ethyl adjacent to an activating group) is 1. The van der Waals surface area contributed by atoms with Gasteiger partial charge in [-0.3, -0.25) is 9.59 Å². The molecule has 3 aromatic rings. The number of carbonyl (C=O) groups is 2. The van der Waals surface area contributed by atoms with Crippen molar-refractivity contribution in [3.05, 3.63) is 88.2 Å². The van der Waals surface area contributed by atoms with Gasteiger partial charge in [0.2, 0.25) is 0 Å². The molecule has 1 unspecified atom stereocenters. The monoisotopic (exact) mass is 464 g/mol. The number of likely N-dealkylation sites (tertiary alicyclic amines) is 1. The number of carbonyl (C=O) groups excluding carboxylic acids is 2. The minimum atomic E-state index is -0.747. The van der Waals surface area contributed by atoms with Gasteiger partial charge in [-0.25, -0.2) is 4.68 Å². The van der Waals surface area contributed by atoms with E-state index < -0.39 is 17.7 Å². The van der Waals surface area contributed by atoms with Crippen molar-refractivity contribution in [3.8, 4) is 5.69 Å². The summed E-state index contributed by atoms with van der Waals surface area (Å²) in [5.74, 6) is -1.61. The van der Waals surface area contributed by atoms with Gasteiger partial charge in [0.1, 0.15) is 5.76 Å². The van der Waals surface area contributed by atoms with E-state index in [1.807, 2.05) is 56.3 Å². The molecule has 1 fully saturated rings. The molecule has 0 spiro atoms. The summed E-state index contributed by atoms with van der Waals surface area (Å²) in [5.41, 5.74) is 2.58. The molecule has 1 amide bonds. The second-order valence-electron chi connectivity index (χ2n) is 8.24. The molecule has 0 bridgehead atoms. The summed E-state index contributed by atoms with van der Waals surface area (Å²) < 4.78 is 1.69. The first-order valence-corrected chi connectivity index (χ1v) is 11.0. The van der Waals surface area contributed by atoms with Crippen molar-refractivity contribution in [2.45, 2.75) is 13.0 Å². The molecule has 7 nitrogen and oxygen atoms in total. The van der Waals surface area contributed by atoms with Crippen LogP contribution < -0.4 is 0 Å². The van der Waals surface area contributed by atoms with Crippen LogP contribution in [0.4, 0.5) is 0 Å². The van der Waals surface area contributed by atoms with Crippen LogP contribution in [0.5, 0.6) is 0 Å². The average molecular weight is 465 g/mol. The Kier molecular flexibility index (Phi) is 6.35. The second-order valence-corrected chi connectivity index (χ2v) is 8.68. The van der Waals surface area contributed by atoms with Crippen LogP contribution in [0.2, 0.25) is 5.02 Å². The van der Waals surface area contributed by atoms with E-state index in [-0.39, 0.29) is 11.3 Å². The number of aromatic nitrogens is 2. The zero-order valence-electron chi connectivity index (χ0n) is 18.7. The van der Waals surface area contributed by atoms with E-state index in [1.165, 1.54) is 11.1 Å². The number of ketones is 1. The third-order valence-corrected chi connectivity index (χ3v) is 5.99. The molecule has 1 aliphatic heterocycles. The molecule has 8 heteroatoms. The maximum absolute atomic E-state index is 13.1. The van der Waals surface area contributed by atoms with Crippen molar-refractivity contribution >= 4 is 29.1 Å². The molecule has 0 aliphatic carbocycles. The van der Waals surface area contributed by atoms with Gasteiger partial charge in [0, 0.05) is 18.1 Å². The fourth-order valence-corrected chi connectivity index (χ4v) is 4.26. The Morgan fingerprint density at radius 3 is 2.52 bits per heavy atom. The summed E-state index contributed by atoms with van der Waals surface area (Å²) in [6, 6.07) is 15.8. The molecule has 1 aliphatic rings. The van der Waals surface area contributed by atoms with Crippen molar-refractivity contribution in [2.24, 2.45) is 0 Å². The minimum Gasteiger partial charge on any atom is -0.507 e. The zero-order chi connectivity index (χ0) is 23.7. The predicted octanol–water partition coefficient (Wildman–Crippen LogP) is 3.82. The second kappa shape index (κ2) is 9.21. The molecule has 0 radical (unpaired) electrons. The van der Waals surface area contributed by atoms with Crippen molar-refractivity contribution in [2.75, 3.05) is 27.2 Å². The zero-order valence-corrected chi connectivity index (χ0v) is 19.5. The van der Waals surface area contributed by atoms with Crippen molar-refractivity contribution in [1.29, 1.82) is 0 Å². The minimum absolute atomic E-state index is 0.0386. The highest BCUT2D eigenvalue weighted by atomic mass is 35.5. The maximum Gasteiger partial charge on any atom is 0.295 e. The number of Topliss-reactive ketones (excluding diaryl/α,β-unsaturated/α-hetero) is 1. The van der Waals surface area contributed by atoms with Crippen LogP contribution >= 0.6 is 11.6 Å². The molecule has 2 aromatic carbocycles. The standard InChI is InChI=1S/C25H25ClN4O3/c1-16-20(15-27-30(16)19-10-5-4-6-11-19)23(31)21-22(17-8-7-9-18(26)14-17)29(13-12-28(2)3)25(33)24(21)32/h4-11,14-15,22,31H,12-13H2,1-3H3/b23-21+. The maximum atomic E-state index is 13.1. The summed E-state index contributed by atoms with van der Waals surface area (Å²) in [6.45, 7) is 2.70. The summed E-state index contributed by atoms with van der Waals surface area (Å²) in [5, 5.41) is 16.2. The van der Waals surface area contributed by atoms with Gasteiger partial charge in [-0.05, 0) is 50.8 Å². The molecule has 0 saturated carbocycles. The lowest BCUT2D eigenvalue weighted by molar-refractivity contribution is -0.140. The van der Waals surface area contributed by atoms with E-state index in [0.29, 0.717) is 34.9 Å². The number of halogens is 1. The van der Waals surface area contributed by atoms with Crippen LogP contribution in [0, 0.1) is 6.92 Å². The lowest BCUT2D eigenvalue weighted by atomic mass is 9.95. The molecule has 33 heavy (non-hydrogen) atoms. The Labute approximate surface area is 197 Å². The Morgan fingerprint density at radius 1 is 1.12 bits per heavy atom. The number of rotatable bonds is 6. The Morgan fingerprint density at radius 2 is 1.85 bits per heavy atom. The molecule has 1 N–H and O–H groups in total. The topological polar surface area (TPSA) is 78.7 Å². The normalized spacial score (nSPS) is 17.8. The number of para-hydroxylation sites is 1. The lowest BCUT2D eigenvalue weighted by Crippen LogP contribution is -2.35. The first-order chi connectivity index (χ1) is 15.8. The number of aliphatic hydroxyl groups is 1. The van der Waals surface area contributed by atoms with Crippen LogP contribution in [-0.4, -0.2) is 63.6 Å². The lowest BCUT2D eigenvalue weighted by Gasteiger charge is -2.26. The number of hydrogen-bond donors (Lipinski definition) is 1. The van der Waals surface area contributed by atoms with E-state index in [2.05, 4.69) is 5.10 Å². The fraction of sp³-hybridized carbons (Fsp3) is 0.240. The van der Waals surface area contributed by atoms with Crippen LogP contribution in [0.15, 0.2) is 66.4 Å². The number of benzene rings is 2. The van der Waals surface area contributed by atoms with E-state index in [9.17, 15) is 14.7 Å². The number of amides is 1. The predicted molar refractivity (Wildman–Crippen MR) is 127 cm³/mol. The number of hydrogen-bond acceptors (Lipinski definition) is 5. The van der Waals surface area contributed by atoms with Gasteiger partial charge in [0.15, 0.2) is 0 Å². The Balaban J connectivity index is 1.85. The molecule has 4 rings (SSSR count). The van der Waals surface area contributed by atoms with Crippen LogP contribution in [0.25, 0.3) is 11.4 Å². The molecular formula is C25H25ClN4O3. The molecule has 170 valence electrons. The molecular weight excluding hydrogens is 440 g/mol. The van der Waals surface area contributed by atoms with E-state index in [1.54, 1.807) is 28.9 Å². The quantitative estimate of drug-likeness (QED) is 0.341. The highest BCUT2D eigenvalue weighted by Gasteiger charge is 2.46. The first-order valence-electron chi connectivity index (χ1n) is 10.6. The van der Waals surface area contributed by atoms with Gasteiger partial charge in [0.05, 0.1) is 34.8 Å². The van der Waals surface area contributed by atoms with Gasteiger partial charge < -0.3 is 14.9 Å². The summed E-state index contributed by atoms with van der Waals surface area (Å²) in [7, 11) is 3.79. The smallest absolute Gasteiger partial charge is 0.295 e. The summed E-state index contributed by atoms with van der Waals surface area (Å²) in [4.78, 5) is 29.6. The fourth-order valence-electron chi connectivity index (χ4n) is 4.06. The number of aliphatic hydroxyl groups excluding tert-OH is 1. The Hall–Kier alpha value is -3.42. The SMILES string of the molecule is Cc1c(/C(O)=C2\C(=O)C(=O)N(CCN(C)C)C2c2cccc(Cl)c2)cnn1-c1ccccc1. The van der Waals surface area contributed by atoms with Gasteiger partial charge in [0.25, 0.3) is 11.7 Å². The van der Waals surface area contributed by atoms with Crippen molar-refractivity contribution < 1.29 is 14.7 Å². The van der Waals surface area contributed by atoms with E-state index >= 15 is 0 Å². The average Bonchev–Trinajstić information content (AvgIpc) is 3.30. The molecule has 2 heterocycles. The third kappa shape index (κ3) is 4.29. The largest absolute Gasteiger partial charge is 0.507 e. The molecule has 1 aromatic heterocycles. The van der Waals surface area contributed by atoms with Gasteiger partial charge in [-0.15, -0.1) is 0 Å². The summed E-state index contributed by atoms with van der Waals surface area (Å²) in [6.07, 6.45) is 1.51. The van der Waals surface area contributed by atoms with Crippen molar-refractivity contribution in [1.82, 2.24) is 19.6 Å². The third-order valence-electron chi connectivity index (χ3n) is 5.76. The van der Waals surface area contributed by atoms with Gasteiger partial charge >= 0.3 is 0 Å². The van der Waals surface area contributed by atoms with Crippen LogP contribution in [-0.2, 0) is 9.59 Å². The van der Waals surface area contributed by atoms with Crippen LogP contribution in [0.1, 0.15) is 22.9 Å². The highest BCUT2D eigenvalue weighted by molar-refractivity contribution is 6.46. The van der Waals surface area contributed by atoms with Crippen molar-refractivity contribution in [3.63, 3.8) is 0 Å². The molecule has 1 atom stereocenters. The molecule has 1 saturated heterocycles. The highest BCUT2D eigenvalue weighted by Crippen LogP contribution is 2.40. The van der Waals surface area contributed by atoms with Crippen LogP contribution in [0.3, 0.4) is 0 Å². The first kappa shape index (κ1) is 22.8. The summed E-state index contributed by atoms with van der Waals surface area (Å²) >= 11 is 6.22. The Bertz CT molecular complexity index is 1230. The van der Waals surface area contributed by atoms with E-state index in [0.717, 1.165) is 5.69 Å². The van der Waals surface area contributed by atoms with Gasteiger partial charge in [-0.1, -0.05) is 41.9 Å². The van der Waals surface area contributed by atoms with Gasteiger partial charge in [-0.2, -0.15) is 5.10 Å². The van der Waals surface area contributed by atoms with E-state index in [4.69, 9.17) is 11.6 Å².